The minimum absolute atomic E-state index is 0.375. The number of nitrogens with zero attached hydrogens (tertiary/aromatic N) is 5. The van der Waals surface area contributed by atoms with E-state index in [9.17, 15) is 0 Å². The van der Waals surface area contributed by atoms with Crippen molar-refractivity contribution < 1.29 is 4.74 Å². The fourth-order valence-corrected chi connectivity index (χ4v) is 2.35. The Balaban J connectivity index is 2.05. The Bertz CT molecular complexity index is 673. The van der Waals surface area contributed by atoms with Crippen LogP contribution in [0.4, 0.5) is 5.69 Å². The van der Waals surface area contributed by atoms with Crippen LogP contribution in [-0.2, 0) is 11.3 Å². The van der Waals surface area contributed by atoms with E-state index in [1.807, 2.05) is 6.07 Å². The Kier molecular flexibility index (Phi) is 2.65. The Morgan fingerprint density at radius 1 is 1.39 bits per heavy atom. The molecule has 0 radical (unpaired) electrons. The second kappa shape index (κ2) is 4.31. The minimum Gasteiger partial charge on any atom is -0.397 e. The molecule has 8 heteroatoms. The molecular formula is C10H10N6OS. The Morgan fingerprint density at radius 2 is 2.28 bits per heavy atom. The molecule has 7 nitrogen and oxygen atoms in total. The lowest BCUT2D eigenvalue weighted by Crippen LogP contribution is -1.97. The zero-order chi connectivity index (χ0) is 12.5. The van der Waals surface area contributed by atoms with Gasteiger partial charge in [0.25, 0.3) is 0 Å². The molecule has 0 fully saturated rings. The predicted octanol–water partition coefficient (Wildman–Crippen LogP) is 0.976. The lowest BCUT2D eigenvalue weighted by molar-refractivity contribution is 0.176. The van der Waals surface area contributed by atoms with Gasteiger partial charge in [0.05, 0.1) is 11.9 Å². The molecule has 0 spiro atoms. The van der Waals surface area contributed by atoms with Gasteiger partial charge in [-0.2, -0.15) is 9.61 Å². The standard InChI is InChI=1S/C10H10N6OS/c1-17-5-8-13-14-10-16(8)15-9(18-10)7-3-2-6(11)4-12-7/h2-4H,5,11H2,1H3. The molecule has 0 atom stereocenters. The average molecular weight is 262 g/mol. The van der Waals surface area contributed by atoms with E-state index in [1.165, 1.54) is 11.3 Å². The van der Waals surface area contributed by atoms with E-state index in [2.05, 4.69) is 20.3 Å². The number of rotatable bonds is 3. The zero-order valence-electron chi connectivity index (χ0n) is 9.57. The number of nitrogen functional groups attached to an aromatic ring is 1. The molecule has 0 aromatic carbocycles. The second-order valence-electron chi connectivity index (χ2n) is 3.63. The van der Waals surface area contributed by atoms with Gasteiger partial charge in [-0.05, 0) is 12.1 Å². The molecule has 3 heterocycles. The monoisotopic (exact) mass is 262 g/mol. The van der Waals surface area contributed by atoms with E-state index in [-0.39, 0.29) is 0 Å². The molecule has 0 amide bonds. The summed E-state index contributed by atoms with van der Waals surface area (Å²) in [6, 6.07) is 3.62. The number of aromatic nitrogens is 5. The molecule has 3 rings (SSSR count). The fourth-order valence-electron chi connectivity index (χ4n) is 1.51. The molecule has 0 bridgehead atoms. The van der Waals surface area contributed by atoms with Crippen LogP contribution in [0, 0.1) is 0 Å². The summed E-state index contributed by atoms with van der Waals surface area (Å²) in [6.07, 6.45) is 1.60. The highest BCUT2D eigenvalue weighted by molar-refractivity contribution is 7.19. The van der Waals surface area contributed by atoms with Gasteiger partial charge in [0.2, 0.25) is 4.96 Å². The van der Waals surface area contributed by atoms with Gasteiger partial charge in [0, 0.05) is 7.11 Å². The normalized spacial score (nSPS) is 11.2. The van der Waals surface area contributed by atoms with Crippen LogP contribution >= 0.6 is 11.3 Å². The van der Waals surface area contributed by atoms with Crippen molar-refractivity contribution in [1.29, 1.82) is 0 Å². The van der Waals surface area contributed by atoms with Gasteiger partial charge >= 0.3 is 0 Å². The molecule has 0 unspecified atom stereocenters. The number of ether oxygens (including phenoxy) is 1. The highest BCUT2D eigenvalue weighted by Crippen LogP contribution is 2.24. The van der Waals surface area contributed by atoms with E-state index < -0.39 is 0 Å². The molecule has 3 aromatic heterocycles. The largest absolute Gasteiger partial charge is 0.397 e. The summed E-state index contributed by atoms with van der Waals surface area (Å²) in [5.74, 6) is 0.672. The van der Waals surface area contributed by atoms with E-state index >= 15 is 0 Å². The number of pyridine rings is 1. The lowest BCUT2D eigenvalue weighted by atomic mass is 10.3. The summed E-state index contributed by atoms with van der Waals surface area (Å²) in [5.41, 5.74) is 6.99. The van der Waals surface area contributed by atoms with Crippen molar-refractivity contribution in [3.63, 3.8) is 0 Å². The van der Waals surface area contributed by atoms with Crippen LogP contribution in [-0.4, -0.2) is 31.9 Å². The first-order valence-electron chi connectivity index (χ1n) is 5.20. The lowest BCUT2D eigenvalue weighted by Gasteiger charge is -1.95. The third-order valence-corrected chi connectivity index (χ3v) is 3.26. The van der Waals surface area contributed by atoms with Gasteiger partial charge < -0.3 is 10.5 Å². The summed E-state index contributed by atoms with van der Waals surface area (Å²) in [6.45, 7) is 0.375. The van der Waals surface area contributed by atoms with E-state index in [1.54, 1.807) is 23.9 Å². The van der Waals surface area contributed by atoms with Gasteiger partial charge in [-0.15, -0.1) is 10.2 Å². The molecule has 0 saturated heterocycles. The van der Waals surface area contributed by atoms with Crippen LogP contribution in [0.1, 0.15) is 5.82 Å². The average Bonchev–Trinajstić information content (AvgIpc) is 2.93. The number of hydrogen-bond donors (Lipinski definition) is 1. The number of methoxy groups -OCH3 is 1. The molecule has 92 valence electrons. The maximum atomic E-state index is 5.60. The van der Waals surface area contributed by atoms with Crippen molar-refractivity contribution >= 4 is 22.0 Å². The molecule has 3 aromatic rings. The van der Waals surface area contributed by atoms with Gasteiger partial charge in [0.1, 0.15) is 12.3 Å². The summed E-state index contributed by atoms with van der Waals surface area (Å²) >= 11 is 1.42. The van der Waals surface area contributed by atoms with Crippen molar-refractivity contribution in [2.24, 2.45) is 0 Å². The van der Waals surface area contributed by atoms with Gasteiger partial charge in [0.15, 0.2) is 10.8 Å². The first-order valence-corrected chi connectivity index (χ1v) is 6.01. The van der Waals surface area contributed by atoms with Crippen LogP contribution in [0.25, 0.3) is 15.7 Å². The van der Waals surface area contributed by atoms with Gasteiger partial charge in [-0.3, -0.25) is 4.98 Å². The zero-order valence-corrected chi connectivity index (χ0v) is 10.4. The van der Waals surface area contributed by atoms with Crippen LogP contribution in [0.5, 0.6) is 0 Å². The van der Waals surface area contributed by atoms with E-state index in [4.69, 9.17) is 10.5 Å². The third kappa shape index (κ3) is 1.81. The first-order chi connectivity index (χ1) is 8.78. The van der Waals surface area contributed by atoms with Crippen molar-refractivity contribution in [3.8, 4) is 10.7 Å². The SMILES string of the molecule is COCc1nnc2sc(-c3ccc(N)cn3)nn12. The summed E-state index contributed by atoms with van der Waals surface area (Å²) in [7, 11) is 1.61. The second-order valence-corrected chi connectivity index (χ2v) is 4.58. The van der Waals surface area contributed by atoms with Gasteiger partial charge in [-0.25, -0.2) is 0 Å². The number of anilines is 1. The van der Waals surface area contributed by atoms with Crippen molar-refractivity contribution in [1.82, 2.24) is 24.8 Å². The summed E-state index contributed by atoms with van der Waals surface area (Å²) in [5, 5.41) is 13.2. The smallest absolute Gasteiger partial charge is 0.235 e. The van der Waals surface area contributed by atoms with Crippen molar-refractivity contribution in [2.45, 2.75) is 6.61 Å². The molecule has 0 aliphatic rings. The van der Waals surface area contributed by atoms with Gasteiger partial charge in [-0.1, -0.05) is 11.3 Å². The molecule has 18 heavy (non-hydrogen) atoms. The fraction of sp³-hybridized carbons (Fsp3) is 0.200. The van der Waals surface area contributed by atoms with Crippen LogP contribution < -0.4 is 5.73 Å². The highest BCUT2D eigenvalue weighted by Gasteiger charge is 2.13. The number of hydrogen-bond acceptors (Lipinski definition) is 7. The van der Waals surface area contributed by atoms with Crippen LogP contribution in [0.2, 0.25) is 0 Å². The van der Waals surface area contributed by atoms with E-state index in [0.717, 1.165) is 15.7 Å². The Labute approximate surface area is 106 Å². The molecule has 2 N–H and O–H groups in total. The quantitative estimate of drug-likeness (QED) is 0.756. The molecule has 0 saturated carbocycles. The van der Waals surface area contributed by atoms with Crippen LogP contribution in [0.3, 0.4) is 0 Å². The van der Waals surface area contributed by atoms with Crippen molar-refractivity contribution in [2.75, 3.05) is 12.8 Å². The number of nitrogens with two attached hydrogens (primary N) is 1. The highest BCUT2D eigenvalue weighted by atomic mass is 32.1. The Morgan fingerprint density at radius 3 is 3.00 bits per heavy atom. The maximum absolute atomic E-state index is 5.60. The summed E-state index contributed by atoms with van der Waals surface area (Å²) in [4.78, 5) is 4.95. The molecular weight excluding hydrogens is 252 g/mol. The first kappa shape index (κ1) is 11.1. The van der Waals surface area contributed by atoms with E-state index in [0.29, 0.717) is 18.1 Å². The number of fused-ring (bicyclic) bond motifs is 1. The predicted molar refractivity (Wildman–Crippen MR) is 67.0 cm³/mol. The molecule has 0 aliphatic carbocycles. The van der Waals surface area contributed by atoms with Crippen LogP contribution in [0.15, 0.2) is 18.3 Å². The maximum Gasteiger partial charge on any atom is 0.235 e. The Hall–Kier alpha value is -2.06. The topological polar surface area (TPSA) is 91.2 Å². The van der Waals surface area contributed by atoms with Crippen molar-refractivity contribution in [3.05, 3.63) is 24.2 Å². The summed E-state index contributed by atoms with van der Waals surface area (Å²) < 4.78 is 6.70. The third-order valence-electron chi connectivity index (χ3n) is 2.33. The minimum atomic E-state index is 0.375. The molecule has 0 aliphatic heterocycles.